The number of rotatable bonds is 7. The van der Waals surface area contributed by atoms with Crippen LogP contribution in [0.2, 0.25) is 0 Å². The topological polar surface area (TPSA) is 56.8 Å². The summed E-state index contributed by atoms with van der Waals surface area (Å²) in [7, 11) is 1.63. The molecule has 0 saturated heterocycles. The van der Waals surface area contributed by atoms with Crippen LogP contribution in [0.5, 0.6) is 0 Å². The average molecular weight is 271 g/mol. The maximum Gasteiger partial charge on any atom is 0.407 e. The molecule has 1 aliphatic rings. The van der Waals surface area contributed by atoms with E-state index in [2.05, 4.69) is 17.5 Å². The van der Waals surface area contributed by atoms with Crippen molar-refractivity contribution < 1.29 is 19.0 Å². The van der Waals surface area contributed by atoms with Crippen LogP contribution in [0.3, 0.4) is 0 Å². The number of allylic oxidation sites excluding steroid dienone is 2. The summed E-state index contributed by atoms with van der Waals surface area (Å²) in [4.78, 5) is 11.6. The number of methoxy groups -OCH3 is 1. The predicted octanol–water partition coefficient (Wildman–Crippen LogP) is 2.26. The first kappa shape index (κ1) is 16.0. The van der Waals surface area contributed by atoms with E-state index < -0.39 is 0 Å². The summed E-state index contributed by atoms with van der Waals surface area (Å²) < 4.78 is 15.5. The van der Waals surface area contributed by atoms with E-state index in [1.165, 1.54) is 0 Å². The summed E-state index contributed by atoms with van der Waals surface area (Å²) in [6, 6.07) is 0. The van der Waals surface area contributed by atoms with Gasteiger partial charge in [0.1, 0.15) is 6.10 Å². The molecular weight excluding hydrogens is 246 g/mol. The Balaban J connectivity index is 2.04. The number of carbonyl (C=O) groups is 1. The summed E-state index contributed by atoms with van der Waals surface area (Å²) in [5.41, 5.74) is 0. The van der Waals surface area contributed by atoms with E-state index in [9.17, 15) is 4.79 Å². The lowest BCUT2D eigenvalue weighted by Crippen LogP contribution is -2.31. The van der Waals surface area contributed by atoms with E-state index in [1.807, 2.05) is 0 Å². The highest BCUT2D eigenvalue weighted by atomic mass is 16.6. The first-order valence-corrected chi connectivity index (χ1v) is 6.99. The molecule has 19 heavy (non-hydrogen) atoms. The van der Waals surface area contributed by atoms with Crippen LogP contribution < -0.4 is 5.32 Å². The van der Waals surface area contributed by atoms with Crippen LogP contribution in [0.25, 0.3) is 0 Å². The Bertz CT molecular complexity index is 268. The van der Waals surface area contributed by atoms with Gasteiger partial charge in [-0.3, -0.25) is 0 Å². The molecule has 5 heteroatoms. The fourth-order valence-electron chi connectivity index (χ4n) is 1.91. The molecule has 0 aromatic heterocycles. The number of ether oxygens (including phenoxy) is 3. The van der Waals surface area contributed by atoms with Gasteiger partial charge in [-0.15, -0.1) is 0 Å². The second-order valence-corrected chi connectivity index (χ2v) is 4.54. The summed E-state index contributed by atoms with van der Waals surface area (Å²) in [5.74, 6) is 0. The second kappa shape index (κ2) is 10.8. The molecule has 0 spiro atoms. The highest BCUT2D eigenvalue weighted by Crippen LogP contribution is 2.15. The lowest BCUT2D eigenvalue weighted by molar-refractivity contribution is 0.0646. The average Bonchev–Trinajstić information content (AvgIpc) is 2.37. The van der Waals surface area contributed by atoms with Gasteiger partial charge in [-0.25, -0.2) is 4.79 Å². The van der Waals surface area contributed by atoms with Crippen molar-refractivity contribution in [3.8, 4) is 0 Å². The third-order valence-electron chi connectivity index (χ3n) is 2.94. The van der Waals surface area contributed by atoms with Crippen molar-refractivity contribution in [1.82, 2.24) is 5.32 Å². The molecule has 1 rings (SSSR count). The van der Waals surface area contributed by atoms with E-state index in [4.69, 9.17) is 14.2 Å². The summed E-state index contributed by atoms with van der Waals surface area (Å²) >= 11 is 0. The van der Waals surface area contributed by atoms with Gasteiger partial charge in [0.15, 0.2) is 0 Å². The van der Waals surface area contributed by atoms with Crippen LogP contribution in [-0.2, 0) is 14.2 Å². The lowest BCUT2D eigenvalue weighted by atomic mass is 10.0. The highest BCUT2D eigenvalue weighted by molar-refractivity contribution is 5.67. The first-order chi connectivity index (χ1) is 9.33. The second-order valence-electron chi connectivity index (χ2n) is 4.54. The standard InChI is InChI=1S/C14H25NO4/c1-17-11-12-18-10-9-15-14(16)19-13-7-5-3-2-4-6-8-13/h2-3,13H,4-12H2,1H3,(H,15,16)/b3-2+. The van der Waals surface area contributed by atoms with Crippen LogP contribution in [0.1, 0.15) is 32.1 Å². The zero-order valence-electron chi connectivity index (χ0n) is 11.7. The third kappa shape index (κ3) is 8.61. The largest absolute Gasteiger partial charge is 0.446 e. The van der Waals surface area contributed by atoms with Crippen LogP contribution in [0.15, 0.2) is 12.2 Å². The van der Waals surface area contributed by atoms with Gasteiger partial charge in [-0.2, -0.15) is 0 Å². The smallest absolute Gasteiger partial charge is 0.407 e. The number of carbonyl (C=O) groups excluding carboxylic acids is 1. The van der Waals surface area contributed by atoms with E-state index in [1.54, 1.807) is 7.11 Å². The minimum absolute atomic E-state index is 0.0411. The molecule has 0 fully saturated rings. The van der Waals surface area contributed by atoms with Gasteiger partial charge in [-0.1, -0.05) is 12.2 Å². The Morgan fingerprint density at radius 3 is 2.89 bits per heavy atom. The van der Waals surface area contributed by atoms with Gasteiger partial charge >= 0.3 is 6.09 Å². The van der Waals surface area contributed by atoms with Gasteiger partial charge in [-0.05, 0) is 32.1 Å². The number of nitrogens with one attached hydrogen (secondary N) is 1. The lowest BCUT2D eigenvalue weighted by Gasteiger charge is -2.18. The van der Waals surface area contributed by atoms with Gasteiger partial charge in [0.25, 0.3) is 0 Å². The van der Waals surface area contributed by atoms with Crippen molar-refractivity contribution in [2.24, 2.45) is 0 Å². The SMILES string of the molecule is COCCOCCNC(=O)OC1CC/C=C/CCC1. The molecular formula is C14H25NO4. The molecule has 0 aromatic carbocycles. The van der Waals surface area contributed by atoms with Crippen molar-refractivity contribution in [2.45, 2.75) is 38.2 Å². The molecule has 0 bridgehead atoms. The molecule has 1 N–H and O–H groups in total. The minimum atomic E-state index is -0.343. The maximum atomic E-state index is 11.6. The Labute approximate surface area is 115 Å². The molecule has 0 saturated carbocycles. The van der Waals surface area contributed by atoms with Gasteiger partial charge in [0.05, 0.1) is 19.8 Å². The predicted molar refractivity (Wildman–Crippen MR) is 73.2 cm³/mol. The molecule has 0 aromatic rings. The summed E-state index contributed by atoms with van der Waals surface area (Å²) in [6.07, 6.45) is 9.06. The van der Waals surface area contributed by atoms with Crippen molar-refractivity contribution in [1.29, 1.82) is 0 Å². The molecule has 1 amide bonds. The Hall–Kier alpha value is -1.07. The van der Waals surface area contributed by atoms with Crippen LogP contribution in [0.4, 0.5) is 4.79 Å². The van der Waals surface area contributed by atoms with Gasteiger partial charge in [0.2, 0.25) is 0 Å². The normalized spacial score (nSPS) is 21.2. The summed E-state index contributed by atoms with van der Waals surface area (Å²) in [5, 5.41) is 2.70. The fourth-order valence-corrected chi connectivity index (χ4v) is 1.91. The molecule has 0 heterocycles. The molecule has 1 unspecified atom stereocenters. The van der Waals surface area contributed by atoms with E-state index in [0.29, 0.717) is 26.4 Å². The number of hydrogen-bond donors (Lipinski definition) is 1. The minimum Gasteiger partial charge on any atom is -0.446 e. The maximum absolute atomic E-state index is 11.6. The zero-order valence-corrected chi connectivity index (χ0v) is 11.7. The van der Waals surface area contributed by atoms with E-state index >= 15 is 0 Å². The third-order valence-corrected chi connectivity index (χ3v) is 2.94. The summed E-state index contributed by atoms with van der Waals surface area (Å²) in [6.45, 7) is 2.06. The fraction of sp³-hybridized carbons (Fsp3) is 0.786. The molecule has 0 aliphatic heterocycles. The van der Waals surface area contributed by atoms with Crippen molar-refractivity contribution in [3.63, 3.8) is 0 Å². The number of hydrogen-bond acceptors (Lipinski definition) is 4. The quantitative estimate of drug-likeness (QED) is 0.570. The van der Waals surface area contributed by atoms with Gasteiger partial charge in [0, 0.05) is 13.7 Å². The first-order valence-electron chi connectivity index (χ1n) is 6.99. The van der Waals surface area contributed by atoms with Crippen molar-refractivity contribution in [3.05, 3.63) is 12.2 Å². The Kier molecular flexibility index (Phi) is 9.10. The van der Waals surface area contributed by atoms with Gasteiger partial charge < -0.3 is 19.5 Å². The molecule has 0 radical (unpaired) electrons. The van der Waals surface area contributed by atoms with Crippen LogP contribution in [0, 0.1) is 0 Å². The molecule has 5 nitrogen and oxygen atoms in total. The van der Waals surface area contributed by atoms with Crippen LogP contribution >= 0.6 is 0 Å². The Morgan fingerprint density at radius 1 is 1.21 bits per heavy atom. The Morgan fingerprint density at radius 2 is 2.05 bits per heavy atom. The van der Waals surface area contributed by atoms with Crippen LogP contribution in [-0.4, -0.2) is 45.7 Å². The molecule has 1 aliphatic carbocycles. The number of alkyl carbamates (subject to hydrolysis) is 1. The van der Waals surface area contributed by atoms with E-state index in [-0.39, 0.29) is 12.2 Å². The van der Waals surface area contributed by atoms with Crippen molar-refractivity contribution >= 4 is 6.09 Å². The monoisotopic (exact) mass is 271 g/mol. The zero-order chi connectivity index (χ0) is 13.8. The highest BCUT2D eigenvalue weighted by Gasteiger charge is 2.14. The van der Waals surface area contributed by atoms with E-state index in [0.717, 1.165) is 32.1 Å². The molecule has 1 atom stereocenters. The number of amides is 1. The molecule has 110 valence electrons. The van der Waals surface area contributed by atoms with Crippen molar-refractivity contribution in [2.75, 3.05) is 33.5 Å².